The van der Waals surface area contributed by atoms with E-state index in [2.05, 4.69) is 34.3 Å². The van der Waals surface area contributed by atoms with Crippen LogP contribution in [0.5, 0.6) is 0 Å². The zero-order chi connectivity index (χ0) is 15.8. The van der Waals surface area contributed by atoms with E-state index in [1.165, 1.54) is 27.6 Å². The van der Waals surface area contributed by atoms with Gasteiger partial charge in [0.1, 0.15) is 0 Å². The molecule has 1 aromatic carbocycles. The van der Waals surface area contributed by atoms with Crippen molar-refractivity contribution in [3.05, 3.63) is 51.7 Å². The summed E-state index contributed by atoms with van der Waals surface area (Å²) < 4.78 is 1.01. The Morgan fingerprint density at radius 1 is 1.17 bits per heavy atom. The summed E-state index contributed by atoms with van der Waals surface area (Å²) in [6.07, 6.45) is 0. The van der Waals surface area contributed by atoms with Gasteiger partial charge < -0.3 is 0 Å². The van der Waals surface area contributed by atoms with Gasteiger partial charge in [-0.3, -0.25) is 10.1 Å². The number of carbonyl (C=O) groups is 1. The van der Waals surface area contributed by atoms with Crippen molar-refractivity contribution in [2.75, 3.05) is 5.32 Å². The number of nitrogens with one attached hydrogen (secondary N) is 1. The number of rotatable bonds is 3. The van der Waals surface area contributed by atoms with Gasteiger partial charge in [0.15, 0.2) is 5.13 Å². The molecule has 1 amide bonds. The Bertz CT molecular complexity index is 999. The van der Waals surface area contributed by atoms with Crippen LogP contribution in [0.1, 0.15) is 15.2 Å². The molecule has 1 N–H and O–H groups in total. The van der Waals surface area contributed by atoms with Crippen LogP contribution >= 0.6 is 34.0 Å². The SMILES string of the molecule is Cc1ccc(-c2csc(NC(=O)c3ccc4ncsc4c3)n2)s1. The van der Waals surface area contributed by atoms with E-state index < -0.39 is 0 Å². The molecule has 0 saturated heterocycles. The van der Waals surface area contributed by atoms with Crippen molar-refractivity contribution >= 4 is 55.3 Å². The van der Waals surface area contributed by atoms with E-state index >= 15 is 0 Å². The molecule has 0 fully saturated rings. The van der Waals surface area contributed by atoms with Crippen LogP contribution in [0, 0.1) is 6.92 Å². The smallest absolute Gasteiger partial charge is 0.257 e. The minimum Gasteiger partial charge on any atom is -0.298 e. The molecule has 4 nitrogen and oxygen atoms in total. The predicted octanol–water partition coefficient (Wildman–Crippen LogP) is 5.04. The van der Waals surface area contributed by atoms with Gasteiger partial charge in [0.25, 0.3) is 5.91 Å². The van der Waals surface area contributed by atoms with Crippen LogP contribution in [0.15, 0.2) is 41.2 Å². The lowest BCUT2D eigenvalue weighted by Gasteiger charge is -2.01. The van der Waals surface area contributed by atoms with Gasteiger partial charge in [0, 0.05) is 15.8 Å². The molecule has 0 aliphatic carbocycles. The summed E-state index contributed by atoms with van der Waals surface area (Å²) in [6, 6.07) is 9.64. The Labute approximate surface area is 144 Å². The first kappa shape index (κ1) is 14.5. The monoisotopic (exact) mass is 357 g/mol. The summed E-state index contributed by atoms with van der Waals surface area (Å²) in [6.45, 7) is 2.07. The van der Waals surface area contributed by atoms with Gasteiger partial charge in [0.2, 0.25) is 0 Å². The zero-order valence-corrected chi connectivity index (χ0v) is 14.5. The summed E-state index contributed by atoms with van der Waals surface area (Å²) >= 11 is 4.66. The Morgan fingerprint density at radius 3 is 2.91 bits per heavy atom. The second-order valence-corrected chi connectivity index (χ2v) is 7.97. The van der Waals surface area contributed by atoms with Gasteiger partial charge in [-0.05, 0) is 37.3 Å². The highest BCUT2D eigenvalue weighted by Crippen LogP contribution is 2.30. The van der Waals surface area contributed by atoms with E-state index in [9.17, 15) is 4.79 Å². The standard InChI is InChI=1S/C16H11N3OS3/c1-9-2-5-13(23-9)12-7-21-16(18-12)19-15(20)10-3-4-11-14(6-10)22-8-17-11/h2-8H,1H3,(H,18,19,20). The van der Waals surface area contributed by atoms with Crippen molar-refractivity contribution < 1.29 is 4.79 Å². The zero-order valence-electron chi connectivity index (χ0n) is 12.1. The molecule has 0 radical (unpaired) electrons. The predicted molar refractivity (Wildman–Crippen MR) is 97.7 cm³/mol. The number of benzene rings is 1. The molecule has 3 aromatic heterocycles. The minimum absolute atomic E-state index is 0.149. The van der Waals surface area contributed by atoms with Crippen molar-refractivity contribution in [1.82, 2.24) is 9.97 Å². The Hall–Kier alpha value is -2.09. The van der Waals surface area contributed by atoms with Crippen molar-refractivity contribution in [3.63, 3.8) is 0 Å². The van der Waals surface area contributed by atoms with E-state index in [-0.39, 0.29) is 5.91 Å². The largest absolute Gasteiger partial charge is 0.298 e. The molecule has 0 aliphatic heterocycles. The Kier molecular flexibility index (Phi) is 3.68. The number of aromatic nitrogens is 2. The fourth-order valence-corrected chi connectivity index (χ4v) is 4.51. The number of carbonyl (C=O) groups excluding carboxylic acids is 1. The number of thiazole rings is 2. The molecule has 23 heavy (non-hydrogen) atoms. The third-order valence-electron chi connectivity index (χ3n) is 3.31. The molecule has 4 rings (SSSR count). The second kappa shape index (κ2) is 5.84. The normalized spacial score (nSPS) is 11.0. The summed E-state index contributed by atoms with van der Waals surface area (Å²) in [7, 11) is 0. The number of fused-ring (bicyclic) bond motifs is 1. The number of nitrogens with zero attached hydrogens (tertiary/aromatic N) is 2. The van der Waals surface area contributed by atoms with Gasteiger partial charge in [-0.25, -0.2) is 9.97 Å². The highest BCUT2D eigenvalue weighted by atomic mass is 32.1. The quantitative estimate of drug-likeness (QED) is 0.559. The highest BCUT2D eigenvalue weighted by molar-refractivity contribution is 7.17. The number of hydrogen-bond acceptors (Lipinski definition) is 6. The average molecular weight is 357 g/mol. The van der Waals surface area contributed by atoms with E-state index in [4.69, 9.17) is 0 Å². The van der Waals surface area contributed by atoms with Crippen molar-refractivity contribution in [3.8, 4) is 10.6 Å². The maximum Gasteiger partial charge on any atom is 0.257 e. The van der Waals surface area contributed by atoms with Crippen LogP contribution < -0.4 is 5.32 Å². The lowest BCUT2D eigenvalue weighted by molar-refractivity contribution is 0.102. The molecule has 0 bridgehead atoms. The van der Waals surface area contributed by atoms with E-state index in [0.717, 1.165) is 20.8 Å². The number of amides is 1. The third-order valence-corrected chi connectivity index (χ3v) is 5.88. The second-order valence-electron chi connectivity index (χ2n) is 4.94. The van der Waals surface area contributed by atoms with Gasteiger partial charge in [0.05, 0.1) is 26.3 Å². The summed E-state index contributed by atoms with van der Waals surface area (Å²) in [5.41, 5.74) is 4.21. The Morgan fingerprint density at radius 2 is 2.09 bits per heavy atom. The molecular formula is C16H11N3OS3. The van der Waals surface area contributed by atoms with Gasteiger partial charge in [-0.1, -0.05) is 0 Å². The summed E-state index contributed by atoms with van der Waals surface area (Å²) in [5.74, 6) is -0.149. The molecule has 4 aromatic rings. The topological polar surface area (TPSA) is 54.9 Å². The molecule has 0 unspecified atom stereocenters. The molecule has 3 heterocycles. The Balaban J connectivity index is 1.55. The van der Waals surface area contributed by atoms with Crippen LogP contribution in [0.4, 0.5) is 5.13 Å². The molecule has 114 valence electrons. The van der Waals surface area contributed by atoms with Crippen LogP contribution in [-0.4, -0.2) is 15.9 Å². The maximum atomic E-state index is 12.4. The molecule has 0 aliphatic rings. The number of anilines is 1. The molecule has 7 heteroatoms. The first-order valence-electron chi connectivity index (χ1n) is 6.86. The summed E-state index contributed by atoms with van der Waals surface area (Å²) in [4.78, 5) is 23.5. The number of thiophene rings is 1. The number of hydrogen-bond donors (Lipinski definition) is 1. The first-order valence-corrected chi connectivity index (χ1v) is 9.43. The van der Waals surface area contributed by atoms with Gasteiger partial charge in [-0.15, -0.1) is 34.0 Å². The van der Waals surface area contributed by atoms with Crippen molar-refractivity contribution in [1.29, 1.82) is 0 Å². The molecular weight excluding hydrogens is 346 g/mol. The van der Waals surface area contributed by atoms with Crippen molar-refractivity contribution in [2.24, 2.45) is 0 Å². The van der Waals surface area contributed by atoms with Crippen LogP contribution in [0.3, 0.4) is 0 Å². The van der Waals surface area contributed by atoms with E-state index in [1.807, 2.05) is 17.5 Å². The molecule has 0 atom stereocenters. The average Bonchev–Trinajstić information content (AvgIpc) is 3.26. The number of aryl methyl sites for hydroxylation is 1. The highest BCUT2D eigenvalue weighted by Gasteiger charge is 2.12. The van der Waals surface area contributed by atoms with Crippen LogP contribution in [-0.2, 0) is 0 Å². The maximum absolute atomic E-state index is 12.4. The van der Waals surface area contributed by atoms with Crippen molar-refractivity contribution in [2.45, 2.75) is 6.92 Å². The first-order chi connectivity index (χ1) is 11.2. The van der Waals surface area contributed by atoms with Crippen LogP contribution in [0.2, 0.25) is 0 Å². The molecule has 0 saturated carbocycles. The fraction of sp³-hybridized carbons (Fsp3) is 0.0625. The lowest BCUT2D eigenvalue weighted by atomic mass is 10.2. The van der Waals surface area contributed by atoms with Gasteiger partial charge in [-0.2, -0.15) is 0 Å². The fourth-order valence-electron chi connectivity index (χ4n) is 2.18. The lowest BCUT2D eigenvalue weighted by Crippen LogP contribution is -2.11. The third kappa shape index (κ3) is 2.90. The molecule has 0 spiro atoms. The summed E-state index contributed by atoms with van der Waals surface area (Å²) in [5, 5.41) is 5.45. The minimum atomic E-state index is -0.149. The van der Waals surface area contributed by atoms with Crippen LogP contribution in [0.25, 0.3) is 20.8 Å². The van der Waals surface area contributed by atoms with Gasteiger partial charge >= 0.3 is 0 Å². The van der Waals surface area contributed by atoms with E-state index in [0.29, 0.717) is 10.7 Å². The van der Waals surface area contributed by atoms with E-state index in [1.54, 1.807) is 22.9 Å².